The van der Waals surface area contributed by atoms with Crippen LogP contribution in [0.2, 0.25) is 0 Å². The van der Waals surface area contributed by atoms with E-state index in [-0.39, 0.29) is 40.5 Å². The van der Waals surface area contributed by atoms with Crippen LogP contribution in [0.4, 0.5) is 0 Å². The van der Waals surface area contributed by atoms with Crippen LogP contribution in [0.5, 0.6) is 0 Å². The van der Waals surface area contributed by atoms with E-state index in [9.17, 15) is 15.0 Å². The Bertz CT molecular complexity index is 2370. The lowest BCUT2D eigenvalue weighted by Crippen LogP contribution is -2.67. The zero-order valence-corrected chi connectivity index (χ0v) is 39.4. The molecule has 3 aliphatic heterocycles. The van der Waals surface area contributed by atoms with Gasteiger partial charge in [-0.3, -0.25) is 9.59 Å². The lowest BCUT2D eigenvalue weighted by atomic mass is 9.34. The highest BCUT2D eigenvalue weighted by atomic mass is 16.6. The van der Waals surface area contributed by atoms with E-state index in [1.165, 1.54) is 44.5 Å². The van der Waals surface area contributed by atoms with Gasteiger partial charge in [0.05, 0.1) is 28.8 Å². The first kappa shape index (κ1) is 42.9. The number of fused-ring (bicyclic) bond motifs is 4. The topological polar surface area (TPSA) is 117 Å². The number of rotatable bonds is 7. The van der Waals surface area contributed by atoms with E-state index in [2.05, 4.69) is 89.3 Å². The molecule has 3 N–H and O–H groups in total. The SMILES string of the molecule is CCc1c(Cc2cc(C)cc(C3CCOCC3)c2)c2[nH]cc3c2n1CC1C2=C(C(=O)CC2(C)C2(C)CCC4C(C)(C)C(=O)CCC4(C)C2C1O)C(C)(CC(O)C1OC1(C)C)CC3. The van der Waals surface area contributed by atoms with E-state index in [1.807, 2.05) is 13.8 Å². The number of aryl methyl sites for hydroxylation is 2. The van der Waals surface area contributed by atoms with Gasteiger partial charge in [-0.25, -0.2) is 0 Å². The molecule has 3 aromatic rings. The van der Waals surface area contributed by atoms with Crippen LogP contribution < -0.4 is 0 Å². The van der Waals surface area contributed by atoms with Crippen LogP contribution in [0.1, 0.15) is 160 Å². The number of allylic oxidation sites excluding steroid dienone is 1. The van der Waals surface area contributed by atoms with Gasteiger partial charge in [-0.05, 0) is 135 Å². The maximum Gasteiger partial charge on any atom is 0.160 e. The molecule has 336 valence electrons. The number of carbonyl (C=O) groups excluding carboxylic acids is 2. The van der Waals surface area contributed by atoms with Crippen molar-refractivity contribution in [3.05, 3.63) is 69.1 Å². The molecule has 0 amide bonds. The molecule has 5 heterocycles. The molecule has 8 heteroatoms. The number of ether oxygens (including phenoxy) is 2. The van der Waals surface area contributed by atoms with Crippen LogP contribution in [0.3, 0.4) is 0 Å². The molecular formula is C54H74N2O6. The van der Waals surface area contributed by atoms with Gasteiger partial charge in [0.1, 0.15) is 11.9 Å². The van der Waals surface area contributed by atoms with Crippen LogP contribution in [0, 0.1) is 51.8 Å². The van der Waals surface area contributed by atoms with E-state index in [0.717, 1.165) is 75.7 Å². The van der Waals surface area contributed by atoms with E-state index in [0.29, 0.717) is 43.9 Å². The van der Waals surface area contributed by atoms with Crippen LogP contribution in [0.25, 0.3) is 11.0 Å². The molecule has 4 aliphatic carbocycles. The Morgan fingerprint density at radius 2 is 1.68 bits per heavy atom. The largest absolute Gasteiger partial charge is 0.392 e. The van der Waals surface area contributed by atoms with E-state index >= 15 is 4.79 Å². The number of aliphatic hydroxyl groups excluding tert-OH is 2. The van der Waals surface area contributed by atoms with Gasteiger partial charge in [0, 0.05) is 78.8 Å². The lowest BCUT2D eigenvalue weighted by Gasteiger charge is -2.70. The highest BCUT2D eigenvalue weighted by Gasteiger charge is 2.72. The summed E-state index contributed by atoms with van der Waals surface area (Å²) in [4.78, 5) is 32.8. The zero-order chi connectivity index (χ0) is 44.1. The highest BCUT2D eigenvalue weighted by molar-refractivity contribution is 6.02. The molecular weight excluding hydrogens is 773 g/mol. The number of aromatic amines is 1. The Kier molecular flexibility index (Phi) is 9.84. The smallest absolute Gasteiger partial charge is 0.160 e. The van der Waals surface area contributed by atoms with Crippen molar-refractivity contribution in [2.45, 2.75) is 183 Å². The third-order valence-corrected chi connectivity index (χ3v) is 19.4. The van der Waals surface area contributed by atoms with Gasteiger partial charge in [0.2, 0.25) is 0 Å². The first-order valence-electron chi connectivity index (χ1n) is 24.4. The van der Waals surface area contributed by atoms with Crippen molar-refractivity contribution in [1.29, 1.82) is 0 Å². The zero-order valence-electron chi connectivity index (χ0n) is 39.4. The molecule has 5 fully saturated rings. The summed E-state index contributed by atoms with van der Waals surface area (Å²) >= 11 is 0. The van der Waals surface area contributed by atoms with Crippen molar-refractivity contribution in [2.75, 3.05) is 13.2 Å². The molecule has 0 spiro atoms. The summed E-state index contributed by atoms with van der Waals surface area (Å²) in [5.41, 5.74) is 9.76. The maximum absolute atomic E-state index is 15.3. The molecule has 2 aromatic heterocycles. The Morgan fingerprint density at radius 1 is 0.952 bits per heavy atom. The fourth-order valence-electron chi connectivity index (χ4n) is 16.2. The summed E-state index contributed by atoms with van der Waals surface area (Å²) < 4.78 is 14.4. The number of ketones is 2. The summed E-state index contributed by atoms with van der Waals surface area (Å²) in [6.45, 7) is 24.5. The lowest BCUT2D eigenvalue weighted by molar-refractivity contribution is -0.220. The third-order valence-electron chi connectivity index (χ3n) is 19.4. The van der Waals surface area contributed by atoms with Gasteiger partial charge in [-0.2, -0.15) is 0 Å². The molecule has 0 radical (unpaired) electrons. The van der Waals surface area contributed by atoms with Crippen molar-refractivity contribution in [2.24, 2.45) is 44.8 Å². The molecule has 7 aliphatic rings. The van der Waals surface area contributed by atoms with Crippen LogP contribution in [-0.2, 0) is 44.9 Å². The van der Waals surface area contributed by atoms with E-state index < -0.39 is 34.1 Å². The predicted octanol–water partition coefficient (Wildman–Crippen LogP) is 9.90. The average molecular weight is 847 g/mol. The van der Waals surface area contributed by atoms with Crippen molar-refractivity contribution >= 4 is 22.6 Å². The Balaban J connectivity index is 1.16. The predicted molar refractivity (Wildman–Crippen MR) is 243 cm³/mol. The molecule has 10 rings (SSSR count). The number of carbonyl (C=O) groups is 2. The molecule has 8 nitrogen and oxygen atoms in total. The van der Waals surface area contributed by atoms with Crippen molar-refractivity contribution in [1.82, 2.24) is 9.55 Å². The molecule has 0 bridgehead atoms. The fraction of sp³-hybridized carbons (Fsp3) is 0.704. The summed E-state index contributed by atoms with van der Waals surface area (Å²) in [5.74, 6) is 0.810. The number of benzene rings is 1. The molecule has 2 saturated heterocycles. The second-order valence-corrected chi connectivity index (χ2v) is 23.7. The number of H-pyrrole nitrogens is 1. The maximum atomic E-state index is 15.3. The van der Waals surface area contributed by atoms with Gasteiger partial charge in [-0.15, -0.1) is 0 Å². The van der Waals surface area contributed by atoms with Gasteiger partial charge in [0.25, 0.3) is 0 Å². The van der Waals surface area contributed by atoms with Gasteiger partial charge in [0.15, 0.2) is 5.78 Å². The number of hydrogen-bond donors (Lipinski definition) is 3. The van der Waals surface area contributed by atoms with Crippen LogP contribution >= 0.6 is 0 Å². The fourth-order valence-corrected chi connectivity index (χ4v) is 16.2. The van der Waals surface area contributed by atoms with Crippen LogP contribution in [-0.4, -0.2) is 68.5 Å². The average Bonchev–Trinajstić information content (AvgIpc) is 3.44. The highest BCUT2D eigenvalue weighted by Crippen LogP contribution is 2.75. The van der Waals surface area contributed by atoms with Crippen molar-refractivity contribution < 1.29 is 29.3 Å². The quantitative estimate of drug-likeness (QED) is 0.204. The summed E-state index contributed by atoms with van der Waals surface area (Å²) in [6.07, 6.45) is 9.70. The second-order valence-electron chi connectivity index (χ2n) is 23.7. The Labute approximate surface area is 370 Å². The van der Waals surface area contributed by atoms with Crippen molar-refractivity contribution in [3.8, 4) is 0 Å². The second kappa shape index (κ2) is 14.2. The molecule has 62 heavy (non-hydrogen) atoms. The molecule has 3 saturated carbocycles. The normalized spacial score (nSPS) is 38.2. The number of aliphatic hydroxyl groups is 2. The third kappa shape index (κ3) is 6.03. The van der Waals surface area contributed by atoms with Gasteiger partial charge >= 0.3 is 0 Å². The standard InChI is InChI=1S/C54H74N2O6/c1-11-37-35(25-31-22-30(2)23-34(24-31)32-15-20-61-21-16-32)44-45-33(28-55-44)12-17-51(7,26-39(58)48-50(5,6)62-48)43-38(57)27-54(10)42(43)36(29-56(37)45)46(60)47-52(8)18-14-41(59)49(3,4)40(52)13-19-53(47,54)9/h22-24,28,32,36,39-40,46-48,55,58,60H,11-21,25-27,29H2,1-10H3. The van der Waals surface area contributed by atoms with Gasteiger partial charge in [-0.1, -0.05) is 72.2 Å². The monoisotopic (exact) mass is 847 g/mol. The Hall–Kier alpha value is -3.04. The minimum Gasteiger partial charge on any atom is -0.392 e. The Morgan fingerprint density at radius 3 is 2.37 bits per heavy atom. The molecule has 1 aromatic carbocycles. The number of Topliss-reactive ketones (excluding diaryl/α,β-unsaturated/α-hetero) is 2. The number of nitrogens with one attached hydrogen (secondary N) is 1. The number of hydrogen-bond acceptors (Lipinski definition) is 6. The summed E-state index contributed by atoms with van der Waals surface area (Å²) in [5, 5.41) is 25.7. The summed E-state index contributed by atoms with van der Waals surface area (Å²) in [6, 6.07) is 7.18. The van der Waals surface area contributed by atoms with Crippen molar-refractivity contribution in [3.63, 3.8) is 0 Å². The van der Waals surface area contributed by atoms with Crippen LogP contribution in [0.15, 0.2) is 35.5 Å². The summed E-state index contributed by atoms with van der Waals surface area (Å²) in [7, 11) is 0. The molecule has 10 atom stereocenters. The molecule has 10 unspecified atom stereocenters. The number of nitrogens with zero attached hydrogens (tertiary/aromatic N) is 1. The van der Waals surface area contributed by atoms with E-state index in [1.54, 1.807) is 0 Å². The van der Waals surface area contributed by atoms with E-state index in [4.69, 9.17) is 9.47 Å². The van der Waals surface area contributed by atoms with Gasteiger partial charge < -0.3 is 29.2 Å². The first-order valence-corrected chi connectivity index (χ1v) is 24.4. The minimum atomic E-state index is -0.717. The number of aromatic nitrogens is 2. The minimum absolute atomic E-state index is 0.0929. The first-order chi connectivity index (χ1) is 29.2. The number of epoxide rings is 1.